The molecule has 0 bridgehead atoms. The van der Waals surface area contributed by atoms with Gasteiger partial charge in [0, 0.05) is 18.7 Å². The van der Waals surface area contributed by atoms with E-state index in [2.05, 4.69) is 70.4 Å². The first-order valence-electron chi connectivity index (χ1n) is 11.0. The first-order valence-corrected chi connectivity index (χ1v) is 11.0. The van der Waals surface area contributed by atoms with Crippen LogP contribution in [0.1, 0.15) is 54.9 Å². The van der Waals surface area contributed by atoms with E-state index in [9.17, 15) is 4.79 Å². The molecule has 7 nitrogen and oxygen atoms in total. The van der Waals surface area contributed by atoms with Gasteiger partial charge in [-0.3, -0.25) is 9.69 Å². The molecule has 2 aromatic heterocycles. The molecule has 0 amide bonds. The number of para-hydroxylation sites is 1. The molecular weight excluding hydrogens is 400 g/mol. The van der Waals surface area contributed by atoms with E-state index in [1.54, 1.807) is 0 Å². The van der Waals surface area contributed by atoms with Gasteiger partial charge in [-0.05, 0) is 72.7 Å². The number of rotatable bonds is 3. The molecule has 0 saturated heterocycles. The summed E-state index contributed by atoms with van der Waals surface area (Å²) >= 11 is 0. The van der Waals surface area contributed by atoms with Crippen LogP contribution in [0, 0.1) is 6.92 Å². The predicted molar refractivity (Wildman–Crippen MR) is 125 cm³/mol. The molecule has 1 aliphatic rings. The zero-order valence-corrected chi connectivity index (χ0v) is 19.0. The smallest absolute Gasteiger partial charge is 0.253 e. The van der Waals surface area contributed by atoms with Crippen LogP contribution in [-0.4, -0.2) is 36.6 Å². The normalized spacial score (nSPS) is 15.6. The molecule has 0 aliphatic carbocycles. The number of fused-ring (bicyclic) bond motifs is 2. The standard InChI is InChI=1S/C25H28N6O/c1-16-8-7-11-18-14-20(24(32)26-21(16)18)22(23-27-28-29-31(23)25(2,3)4)30-13-12-17-9-5-6-10-19(17)15-30/h5-11,14,22H,12-13,15H2,1-4H3,(H,26,32)/t22-/m1/s1. The molecule has 0 saturated carbocycles. The Morgan fingerprint density at radius 3 is 2.62 bits per heavy atom. The molecule has 1 atom stereocenters. The van der Waals surface area contributed by atoms with Crippen molar-refractivity contribution in [3.63, 3.8) is 0 Å². The first kappa shape index (κ1) is 20.6. The van der Waals surface area contributed by atoms with Crippen molar-refractivity contribution in [1.82, 2.24) is 30.1 Å². The molecule has 3 heterocycles. The Morgan fingerprint density at radius 1 is 1.06 bits per heavy atom. The third-order valence-corrected chi connectivity index (χ3v) is 6.31. The van der Waals surface area contributed by atoms with E-state index in [4.69, 9.17) is 0 Å². The molecule has 32 heavy (non-hydrogen) atoms. The van der Waals surface area contributed by atoms with Gasteiger partial charge in [0.15, 0.2) is 5.82 Å². The zero-order valence-electron chi connectivity index (χ0n) is 19.0. The summed E-state index contributed by atoms with van der Waals surface area (Å²) in [5.74, 6) is 0.689. The van der Waals surface area contributed by atoms with E-state index < -0.39 is 0 Å². The minimum Gasteiger partial charge on any atom is -0.321 e. The summed E-state index contributed by atoms with van der Waals surface area (Å²) in [4.78, 5) is 18.9. The molecule has 0 spiro atoms. The monoisotopic (exact) mass is 428 g/mol. The number of aryl methyl sites for hydroxylation is 1. The van der Waals surface area contributed by atoms with Crippen molar-refractivity contribution in [2.24, 2.45) is 0 Å². The molecule has 7 heteroatoms. The predicted octanol–water partition coefficient (Wildman–Crippen LogP) is 3.73. The van der Waals surface area contributed by atoms with Crippen molar-refractivity contribution >= 4 is 10.9 Å². The highest BCUT2D eigenvalue weighted by Gasteiger charge is 2.34. The van der Waals surface area contributed by atoms with Crippen molar-refractivity contribution < 1.29 is 0 Å². The minimum absolute atomic E-state index is 0.0980. The van der Waals surface area contributed by atoms with Gasteiger partial charge >= 0.3 is 0 Å². The molecule has 2 aromatic carbocycles. The van der Waals surface area contributed by atoms with Crippen molar-refractivity contribution in [3.8, 4) is 0 Å². The topological polar surface area (TPSA) is 79.7 Å². The summed E-state index contributed by atoms with van der Waals surface area (Å²) in [5.41, 5.74) is 4.83. The van der Waals surface area contributed by atoms with Crippen LogP contribution in [-0.2, 0) is 18.5 Å². The average molecular weight is 429 g/mol. The Bertz CT molecular complexity index is 1350. The van der Waals surface area contributed by atoms with Gasteiger partial charge in [-0.2, -0.15) is 0 Å². The Kier molecular flexibility index (Phi) is 4.93. The maximum atomic E-state index is 13.4. The van der Waals surface area contributed by atoms with Crippen LogP contribution in [0.15, 0.2) is 53.3 Å². The Balaban J connectivity index is 1.70. The van der Waals surface area contributed by atoms with Crippen LogP contribution in [0.3, 0.4) is 0 Å². The minimum atomic E-state index is -0.355. The van der Waals surface area contributed by atoms with Crippen LogP contribution in [0.4, 0.5) is 0 Å². The second-order valence-electron chi connectivity index (χ2n) is 9.60. The highest BCUT2D eigenvalue weighted by molar-refractivity contribution is 5.82. The lowest BCUT2D eigenvalue weighted by Crippen LogP contribution is -2.40. The number of tetrazole rings is 1. The molecule has 1 aliphatic heterocycles. The number of aromatic amines is 1. The number of pyridine rings is 1. The molecule has 5 rings (SSSR count). The number of hydrogen-bond acceptors (Lipinski definition) is 5. The number of H-pyrrole nitrogens is 1. The summed E-state index contributed by atoms with van der Waals surface area (Å²) in [6.07, 6.45) is 0.925. The quantitative estimate of drug-likeness (QED) is 0.538. The summed E-state index contributed by atoms with van der Waals surface area (Å²) in [5, 5.41) is 13.7. The summed E-state index contributed by atoms with van der Waals surface area (Å²) in [6, 6.07) is 16.2. The summed E-state index contributed by atoms with van der Waals surface area (Å²) in [7, 11) is 0. The molecular formula is C25H28N6O. The van der Waals surface area contributed by atoms with Crippen molar-refractivity contribution in [2.45, 2.75) is 52.2 Å². The van der Waals surface area contributed by atoms with Gasteiger partial charge in [-0.1, -0.05) is 42.5 Å². The SMILES string of the molecule is Cc1cccc2cc([C@H](c3nnnn3C(C)(C)C)N3CCc4ccccc4C3)c(=O)[nH]c12. The first-order chi connectivity index (χ1) is 15.3. The van der Waals surface area contributed by atoms with E-state index in [0.717, 1.165) is 36.0 Å². The van der Waals surface area contributed by atoms with Crippen LogP contribution in [0.5, 0.6) is 0 Å². The highest BCUT2D eigenvalue weighted by atomic mass is 16.1. The van der Waals surface area contributed by atoms with E-state index in [1.807, 2.05) is 35.9 Å². The number of hydrogen-bond donors (Lipinski definition) is 1. The van der Waals surface area contributed by atoms with Gasteiger partial charge in [0.25, 0.3) is 5.56 Å². The number of nitrogens with zero attached hydrogens (tertiary/aromatic N) is 5. The Labute approximate surface area is 187 Å². The van der Waals surface area contributed by atoms with Crippen LogP contribution in [0.25, 0.3) is 10.9 Å². The van der Waals surface area contributed by atoms with Crippen LogP contribution in [0.2, 0.25) is 0 Å². The number of aromatic nitrogens is 5. The second kappa shape index (κ2) is 7.67. The zero-order chi connectivity index (χ0) is 22.5. The highest BCUT2D eigenvalue weighted by Crippen LogP contribution is 2.33. The number of benzene rings is 2. The average Bonchev–Trinajstić information content (AvgIpc) is 3.25. The van der Waals surface area contributed by atoms with Gasteiger partial charge in [-0.15, -0.1) is 5.10 Å². The number of nitrogens with one attached hydrogen (secondary N) is 1. The lowest BCUT2D eigenvalue weighted by molar-refractivity contribution is 0.185. The molecule has 4 aromatic rings. The van der Waals surface area contributed by atoms with Crippen molar-refractivity contribution in [3.05, 3.63) is 87.0 Å². The fourth-order valence-electron chi connectivity index (χ4n) is 4.68. The fraction of sp³-hybridized carbons (Fsp3) is 0.360. The van der Waals surface area contributed by atoms with E-state index >= 15 is 0 Å². The molecule has 1 N–H and O–H groups in total. The largest absolute Gasteiger partial charge is 0.321 e. The lowest BCUT2D eigenvalue weighted by atomic mass is 9.95. The lowest BCUT2D eigenvalue weighted by Gasteiger charge is -2.36. The van der Waals surface area contributed by atoms with E-state index in [0.29, 0.717) is 11.4 Å². The fourth-order valence-corrected chi connectivity index (χ4v) is 4.68. The molecule has 164 valence electrons. The maximum Gasteiger partial charge on any atom is 0.253 e. The van der Waals surface area contributed by atoms with Gasteiger partial charge in [-0.25, -0.2) is 4.68 Å². The second-order valence-corrected chi connectivity index (χ2v) is 9.60. The Morgan fingerprint density at radius 2 is 1.84 bits per heavy atom. The molecule has 0 fully saturated rings. The van der Waals surface area contributed by atoms with Crippen LogP contribution >= 0.6 is 0 Å². The third-order valence-electron chi connectivity index (χ3n) is 6.31. The Hall–Kier alpha value is -3.32. The van der Waals surface area contributed by atoms with Gasteiger partial charge in [0.05, 0.1) is 11.1 Å². The summed E-state index contributed by atoms with van der Waals surface area (Å²) in [6.45, 7) is 9.79. The van der Waals surface area contributed by atoms with Gasteiger partial charge in [0.2, 0.25) is 0 Å². The van der Waals surface area contributed by atoms with Crippen molar-refractivity contribution in [1.29, 1.82) is 0 Å². The molecule has 0 unspecified atom stereocenters. The van der Waals surface area contributed by atoms with Gasteiger partial charge in [0.1, 0.15) is 6.04 Å². The summed E-state index contributed by atoms with van der Waals surface area (Å²) < 4.78 is 1.85. The maximum absolute atomic E-state index is 13.4. The van der Waals surface area contributed by atoms with Crippen molar-refractivity contribution in [2.75, 3.05) is 6.54 Å². The third kappa shape index (κ3) is 3.52. The van der Waals surface area contributed by atoms with Gasteiger partial charge < -0.3 is 4.98 Å². The van der Waals surface area contributed by atoms with E-state index in [1.165, 1.54) is 11.1 Å². The molecule has 0 radical (unpaired) electrons. The van der Waals surface area contributed by atoms with E-state index in [-0.39, 0.29) is 17.1 Å². The van der Waals surface area contributed by atoms with Crippen LogP contribution < -0.4 is 5.56 Å².